The van der Waals surface area contributed by atoms with Gasteiger partial charge in [-0.15, -0.1) is 11.3 Å². The van der Waals surface area contributed by atoms with E-state index in [0.717, 1.165) is 40.4 Å². The number of thiazole rings is 1. The lowest BCUT2D eigenvalue weighted by Crippen LogP contribution is -1.92. The number of allylic oxidation sites excluding steroid dienone is 1. The molecule has 0 aliphatic heterocycles. The number of rotatable bonds is 8. The fraction of sp³-hybridized carbons (Fsp3) is 0.240. The summed E-state index contributed by atoms with van der Waals surface area (Å²) >= 11 is 1.73. The van der Waals surface area contributed by atoms with Crippen LogP contribution in [0.5, 0.6) is 0 Å². The third-order valence-electron chi connectivity index (χ3n) is 4.95. The molecular formula is C25H26N4S. The van der Waals surface area contributed by atoms with Gasteiger partial charge in [0.2, 0.25) is 0 Å². The lowest BCUT2D eigenvalue weighted by Gasteiger charge is -2.03. The maximum Gasteiger partial charge on any atom is 0.121 e. The summed E-state index contributed by atoms with van der Waals surface area (Å²) in [6, 6.07) is 18.7. The Balaban J connectivity index is 1.40. The summed E-state index contributed by atoms with van der Waals surface area (Å²) < 4.78 is 0. The van der Waals surface area contributed by atoms with Gasteiger partial charge in [-0.05, 0) is 44.2 Å². The lowest BCUT2D eigenvalue weighted by atomic mass is 10.0. The highest BCUT2D eigenvalue weighted by atomic mass is 32.1. The monoisotopic (exact) mass is 414 g/mol. The summed E-state index contributed by atoms with van der Waals surface area (Å²) in [6.07, 6.45) is 8.97. The smallest absolute Gasteiger partial charge is 0.121 e. The summed E-state index contributed by atoms with van der Waals surface area (Å²) in [6.45, 7) is 2.06. The van der Waals surface area contributed by atoms with E-state index in [1.54, 1.807) is 16.1 Å². The first-order valence-corrected chi connectivity index (χ1v) is 11.2. The van der Waals surface area contributed by atoms with Crippen LogP contribution in [0.4, 0.5) is 0 Å². The number of aryl methyl sites for hydroxylation is 3. The van der Waals surface area contributed by atoms with E-state index < -0.39 is 0 Å². The Morgan fingerprint density at radius 3 is 2.47 bits per heavy atom. The molecule has 0 fully saturated rings. The summed E-state index contributed by atoms with van der Waals surface area (Å²) in [4.78, 5) is 6.18. The van der Waals surface area contributed by atoms with Gasteiger partial charge in [-0.3, -0.25) is 0 Å². The zero-order chi connectivity index (χ0) is 20.8. The average Bonchev–Trinajstić information content (AvgIpc) is 3.37. The standard InChI is InChI=1S/C25H26N4S/c1-19-26-23(18-30-19)16-9-4-3-6-11-20-12-10-15-22(17-20)25-24(27-29(2)28-25)21-13-7-5-8-14-21/h5-8,10-15,17-18H,3-4,9,16H2,1-2H3/b11-6+. The van der Waals surface area contributed by atoms with E-state index in [0.29, 0.717) is 0 Å². The van der Waals surface area contributed by atoms with Crippen molar-refractivity contribution in [1.82, 2.24) is 20.0 Å². The van der Waals surface area contributed by atoms with E-state index in [2.05, 4.69) is 76.0 Å². The van der Waals surface area contributed by atoms with Crippen LogP contribution >= 0.6 is 11.3 Å². The zero-order valence-electron chi connectivity index (χ0n) is 17.5. The number of nitrogens with zero attached hydrogens (tertiary/aromatic N) is 4. The molecule has 0 atom stereocenters. The predicted octanol–water partition coefficient (Wildman–Crippen LogP) is 6.34. The Morgan fingerprint density at radius 1 is 0.933 bits per heavy atom. The van der Waals surface area contributed by atoms with Crippen molar-refractivity contribution >= 4 is 17.4 Å². The number of aromatic nitrogens is 4. The largest absolute Gasteiger partial charge is 0.247 e. The molecule has 4 nitrogen and oxygen atoms in total. The number of hydrogen-bond acceptors (Lipinski definition) is 4. The van der Waals surface area contributed by atoms with Gasteiger partial charge in [-0.2, -0.15) is 15.0 Å². The molecule has 0 saturated carbocycles. The van der Waals surface area contributed by atoms with E-state index >= 15 is 0 Å². The molecule has 0 saturated heterocycles. The Labute approximate surface area is 181 Å². The molecule has 30 heavy (non-hydrogen) atoms. The molecule has 152 valence electrons. The van der Waals surface area contributed by atoms with Gasteiger partial charge in [0.05, 0.1) is 10.7 Å². The summed E-state index contributed by atoms with van der Waals surface area (Å²) in [5, 5.41) is 12.5. The maximum absolute atomic E-state index is 4.63. The third-order valence-corrected chi connectivity index (χ3v) is 5.77. The quantitative estimate of drug-likeness (QED) is 0.316. The second kappa shape index (κ2) is 9.63. The molecule has 0 radical (unpaired) electrons. The number of benzene rings is 2. The van der Waals surface area contributed by atoms with Crippen molar-refractivity contribution in [3.05, 3.63) is 82.3 Å². The molecule has 0 aliphatic carbocycles. The number of unbranched alkanes of at least 4 members (excludes halogenated alkanes) is 2. The first-order chi connectivity index (χ1) is 14.7. The molecule has 0 aliphatic rings. The van der Waals surface area contributed by atoms with Gasteiger partial charge in [0, 0.05) is 23.6 Å². The third kappa shape index (κ3) is 5.10. The minimum Gasteiger partial charge on any atom is -0.247 e. The molecule has 2 aromatic heterocycles. The number of hydrogen-bond donors (Lipinski definition) is 0. The van der Waals surface area contributed by atoms with Crippen LogP contribution in [0.15, 0.2) is 66.1 Å². The molecule has 0 spiro atoms. The van der Waals surface area contributed by atoms with Crippen LogP contribution in [0.1, 0.15) is 35.5 Å². The fourth-order valence-corrected chi connectivity index (χ4v) is 4.14. The maximum atomic E-state index is 4.63. The van der Waals surface area contributed by atoms with Crippen LogP contribution in [-0.4, -0.2) is 20.0 Å². The highest BCUT2D eigenvalue weighted by Gasteiger charge is 2.13. The van der Waals surface area contributed by atoms with Crippen molar-refractivity contribution in [3.8, 4) is 22.5 Å². The minimum absolute atomic E-state index is 0.913. The highest BCUT2D eigenvalue weighted by molar-refractivity contribution is 7.09. The minimum atomic E-state index is 0.913. The zero-order valence-corrected chi connectivity index (χ0v) is 18.3. The summed E-state index contributed by atoms with van der Waals surface area (Å²) in [7, 11) is 1.87. The first kappa shape index (κ1) is 20.2. The van der Waals surface area contributed by atoms with Crippen molar-refractivity contribution in [2.24, 2.45) is 7.05 Å². The second-order valence-electron chi connectivity index (χ2n) is 7.38. The molecular weight excluding hydrogens is 388 g/mol. The van der Waals surface area contributed by atoms with Crippen LogP contribution in [0.25, 0.3) is 28.6 Å². The molecule has 2 aromatic carbocycles. The molecule has 4 aromatic rings. The Morgan fingerprint density at radius 2 is 1.70 bits per heavy atom. The second-order valence-corrected chi connectivity index (χ2v) is 8.45. The molecule has 4 rings (SSSR count). The lowest BCUT2D eigenvalue weighted by molar-refractivity contribution is 0.657. The molecule has 0 N–H and O–H groups in total. The van der Waals surface area contributed by atoms with Gasteiger partial charge in [0.1, 0.15) is 11.4 Å². The van der Waals surface area contributed by atoms with Crippen molar-refractivity contribution in [1.29, 1.82) is 0 Å². The fourth-order valence-electron chi connectivity index (χ4n) is 3.49. The molecule has 0 amide bonds. The van der Waals surface area contributed by atoms with Crippen LogP contribution < -0.4 is 0 Å². The SMILES string of the molecule is Cc1nc(CCCC/C=C/c2cccc(-c3nn(C)nc3-c3ccccc3)c2)cs1. The van der Waals surface area contributed by atoms with Crippen molar-refractivity contribution in [2.45, 2.75) is 32.6 Å². The Hall–Kier alpha value is -3.05. The molecule has 0 unspecified atom stereocenters. The highest BCUT2D eigenvalue weighted by Crippen LogP contribution is 2.29. The van der Waals surface area contributed by atoms with Gasteiger partial charge in [-0.1, -0.05) is 60.7 Å². The first-order valence-electron chi connectivity index (χ1n) is 10.3. The van der Waals surface area contributed by atoms with Gasteiger partial charge in [0.15, 0.2) is 0 Å². The van der Waals surface area contributed by atoms with Crippen molar-refractivity contribution < 1.29 is 0 Å². The normalized spacial score (nSPS) is 11.4. The van der Waals surface area contributed by atoms with Crippen LogP contribution in [0.2, 0.25) is 0 Å². The molecule has 5 heteroatoms. The van der Waals surface area contributed by atoms with Gasteiger partial charge < -0.3 is 0 Å². The average molecular weight is 415 g/mol. The molecule has 0 bridgehead atoms. The van der Waals surface area contributed by atoms with Gasteiger partial charge in [0.25, 0.3) is 0 Å². The van der Waals surface area contributed by atoms with Crippen molar-refractivity contribution in [3.63, 3.8) is 0 Å². The Kier molecular flexibility index (Phi) is 6.50. The summed E-state index contributed by atoms with van der Waals surface area (Å²) in [5.74, 6) is 0. The van der Waals surface area contributed by atoms with Gasteiger partial charge in [-0.25, -0.2) is 4.98 Å². The van der Waals surface area contributed by atoms with E-state index in [1.807, 2.05) is 25.2 Å². The molecule has 2 heterocycles. The van der Waals surface area contributed by atoms with Crippen LogP contribution in [-0.2, 0) is 13.5 Å². The summed E-state index contributed by atoms with van der Waals surface area (Å²) in [5.41, 5.74) is 6.41. The van der Waals surface area contributed by atoms with Crippen molar-refractivity contribution in [2.75, 3.05) is 0 Å². The van der Waals surface area contributed by atoms with Crippen LogP contribution in [0, 0.1) is 6.92 Å². The van der Waals surface area contributed by atoms with E-state index in [9.17, 15) is 0 Å². The van der Waals surface area contributed by atoms with Gasteiger partial charge >= 0.3 is 0 Å². The van der Waals surface area contributed by atoms with E-state index in [1.165, 1.54) is 24.1 Å². The topological polar surface area (TPSA) is 43.6 Å². The van der Waals surface area contributed by atoms with E-state index in [-0.39, 0.29) is 0 Å². The van der Waals surface area contributed by atoms with E-state index in [4.69, 9.17) is 0 Å². The van der Waals surface area contributed by atoms with Crippen LogP contribution in [0.3, 0.4) is 0 Å². The Bertz CT molecular complexity index is 1130. The predicted molar refractivity (Wildman–Crippen MR) is 125 cm³/mol.